The van der Waals surface area contributed by atoms with Crippen molar-refractivity contribution >= 4 is 40.1 Å². The van der Waals surface area contributed by atoms with Crippen LogP contribution in [0.4, 0.5) is 5.69 Å². The van der Waals surface area contributed by atoms with Crippen LogP contribution in [0.3, 0.4) is 0 Å². The van der Waals surface area contributed by atoms with Crippen molar-refractivity contribution in [2.24, 2.45) is 10.9 Å². The third-order valence-corrected chi connectivity index (χ3v) is 6.70. The lowest BCUT2D eigenvalue weighted by molar-refractivity contribution is -0.121. The van der Waals surface area contributed by atoms with E-state index in [0.717, 1.165) is 11.3 Å². The van der Waals surface area contributed by atoms with E-state index in [4.69, 9.17) is 30.6 Å². The minimum Gasteiger partial charge on any atom is -0.497 e. The molecule has 10 nitrogen and oxygen atoms in total. The number of methoxy groups -OCH3 is 2. The summed E-state index contributed by atoms with van der Waals surface area (Å²) in [5, 5.41) is 4.98. The van der Waals surface area contributed by atoms with Gasteiger partial charge in [-0.05, 0) is 42.5 Å². The summed E-state index contributed by atoms with van der Waals surface area (Å²) in [5.41, 5.74) is 7.48. The molecule has 0 spiro atoms. The number of amides is 1. The van der Waals surface area contributed by atoms with Crippen molar-refractivity contribution in [3.05, 3.63) is 53.4 Å². The van der Waals surface area contributed by atoms with Gasteiger partial charge < -0.3 is 14.0 Å². The first-order valence-electron chi connectivity index (χ1n) is 10.4. The van der Waals surface area contributed by atoms with E-state index in [1.807, 2.05) is 24.3 Å². The number of anilines is 1. The Bertz CT molecular complexity index is 1230. The summed E-state index contributed by atoms with van der Waals surface area (Å²) in [6.07, 6.45) is -0.350. The molecule has 3 aromatic rings. The minimum absolute atomic E-state index is 0.0781. The fraction of sp³-hybridized carbons (Fsp3) is 0.273. The topological polar surface area (TPSA) is 114 Å². The van der Waals surface area contributed by atoms with Gasteiger partial charge in [-0.25, -0.2) is 10.4 Å². The maximum Gasteiger partial charge on any atom is 0.241 e. The number of hydrogen-bond acceptors (Lipinski definition) is 10. The molecule has 2 aliphatic rings. The standard InChI is InChI=1S/C22H21ClN6O4S/c1-31-14-6-3-12(4-7-14)19-25-18(33-28-19)11-34-22-26-20-15(10-24-27-20)21(30)29(22)13-5-8-17(32-2)16(23)9-13/h3-9,15,20,24,27H,10-11H2,1-2H3. The Labute approximate surface area is 204 Å². The van der Waals surface area contributed by atoms with Crippen LogP contribution < -0.4 is 25.2 Å². The third kappa shape index (κ3) is 4.34. The second-order valence-corrected chi connectivity index (χ2v) is 8.86. The summed E-state index contributed by atoms with van der Waals surface area (Å²) in [5.74, 6) is 2.09. The van der Waals surface area contributed by atoms with Crippen molar-refractivity contribution in [1.29, 1.82) is 0 Å². The van der Waals surface area contributed by atoms with Crippen molar-refractivity contribution < 1.29 is 18.8 Å². The van der Waals surface area contributed by atoms with Crippen LogP contribution in [0.25, 0.3) is 11.4 Å². The molecule has 34 heavy (non-hydrogen) atoms. The first-order chi connectivity index (χ1) is 16.6. The first-order valence-corrected chi connectivity index (χ1v) is 11.8. The van der Waals surface area contributed by atoms with Crippen LogP contribution in [-0.4, -0.2) is 48.1 Å². The van der Waals surface area contributed by atoms with Gasteiger partial charge >= 0.3 is 0 Å². The van der Waals surface area contributed by atoms with E-state index in [9.17, 15) is 4.79 Å². The summed E-state index contributed by atoms with van der Waals surface area (Å²) in [4.78, 5) is 24.2. The number of aromatic nitrogens is 2. The number of hydrazine groups is 1. The maximum atomic E-state index is 13.4. The number of rotatable bonds is 6. The Morgan fingerprint density at radius 3 is 2.76 bits per heavy atom. The highest BCUT2D eigenvalue weighted by molar-refractivity contribution is 8.13. The summed E-state index contributed by atoms with van der Waals surface area (Å²) in [6.45, 7) is 0.486. The van der Waals surface area contributed by atoms with E-state index in [1.165, 1.54) is 11.8 Å². The number of ether oxygens (including phenoxy) is 2. The lowest BCUT2D eigenvalue weighted by atomic mass is 10.0. The smallest absolute Gasteiger partial charge is 0.241 e. The van der Waals surface area contributed by atoms with E-state index >= 15 is 0 Å². The molecule has 2 unspecified atom stereocenters. The van der Waals surface area contributed by atoms with Crippen LogP contribution in [0.15, 0.2) is 52.0 Å². The Kier molecular flexibility index (Phi) is 6.42. The Hall–Kier alpha value is -3.12. The highest BCUT2D eigenvalue weighted by Crippen LogP contribution is 2.34. The molecule has 0 bridgehead atoms. The van der Waals surface area contributed by atoms with Gasteiger partial charge in [0.2, 0.25) is 17.6 Å². The average Bonchev–Trinajstić information content (AvgIpc) is 3.53. The number of hydrogen-bond donors (Lipinski definition) is 2. The number of nitrogens with zero attached hydrogens (tertiary/aromatic N) is 4. The van der Waals surface area contributed by atoms with Gasteiger partial charge in [0.05, 0.1) is 36.6 Å². The highest BCUT2D eigenvalue weighted by Gasteiger charge is 2.42. The summed E-state index contributed by atoms with van der Waals surface area (Å²) >= 11 is 7.67. The molecular weight excluding hydrogens is 480 g/mol. The minimum atomic E-state index is -0.350. The van der Waals surface area contributed by atoms with Crippen LogP contribution in [-0.2, 0) is 10.5 Å². The molecule has 2 atom stereocenters. The number of carbonyl (C=O) groups excluding carboxylic acids is 1. The van der Waals surface area contributed by atoms with E-state index in [0.29, 0.717) is 45.6 Å². The number of aliphatic imine (C=N–C) groups is 1. The van der Waals surface area contributed by atoms with Crippen LogP contribution in [0.5, 0.6) is 11.5 Å². The van der Waals surface area contributed by atoms with E-state index in [-0.39, 0.29) is 18.0 Å². The highest BCUT2D eigenvalue weighted by atomic mass is 35.5. The summed E-state index contributed by atoms with van der Waals surface area (Å²) in [6, 6.07) is 12.6. The second-order valence-electron chi connectivity index (χ2n) is 7.51. The Balaban J connectivity index is 1.38. The number of thioether (sulfide) groups is 1. The molecule has 5 rings (SSSR count). The lowest BCUT2D eigenvalue weighted by Gasteiger charge is -2.32. The van der Waals surface area contributed by atoms with Crippen LogP contribution in [0.2, 0.25) is 5.02 Å². The molecule has 0 aliphatic carbocycles. The average molecular weight is 501 g/mol. The number of carbonyl (C=O) groups is 1. The molecule has 3 heterocycles. The lowest BCUT2D eigenvalue weighted by Crippen LogP contribution is -2.49. The second kappa shape index (κ2) is 9.63. The van der Waals surface area contributed by atoms with Gasteiger partial charge in [0.1, 0.15) is 17.7 Å². The number of fused-ring (bicyclic) bond motifs is 1. The van der Waals surface area contributed by atoms with Gasteiger partial charge in [0.25, 0.3) is 0 Å². The van der Waals surface area contributed by atoms with Crippen LogP contribution in [0.1, 0.15) is 5.89 Å². The van der Waals surface area contributed by atoms with Gasteiger partial charge in [-0.1, -0.05) is 28.5 Å². The quantitative estimate of drug-likeness (QED) is 0.527. The molecule has 1 aromatic heterocycles. The fourth-order valence-electron chi connectivity index (χ4n) is 3.70. The van der Waals surface area contributed by atoms with Gasteiger partial charge in [-0.3, -0.25) is 15.1 Å². The molecule has 1 saturated heterocycles. The van der Waals surface area contributed by atoms with Crippen LogP contribution in [0, 0.1) is 5.92 Å². The number of halogens is 1. The predicted molar refractivity (Wildman–Crippen MR) is 129 cm³/mol. The molecule has 1 fully saturated rings. The molecule has 12 heteroatoms. The molecule has 0 saturated carbocycles. The maximum absolute atomic E-state index is 13.4. The zero-order valence-corrected chi connectivity index (χ0v) is 19.9. The molecule has 0 radical (unpaired) electrons. The molecule has 2 aromatic carbocycles. The molecule has 2 aliphatic heterocycles. The van der Waals surface area contributed by atoms with Crippen molar-refractivity contribution in [1.82, 2.24) is 21.0 Å². The van der Waals surface area contributed by atoms with Crippen molar-refractivity contribution in [3.8, 4) is 22.9 Å². The van der Waals surface area contributed by atoms with Crippen molar-refractivity contribution in [2.75, 3.05) is 25.7 Å². The summed E-state index contributed by atoms with van der Waals surface area (Å²) < 4.78 is 15.9. The van der Waals surface area contributed by atoms with Gasteiger partial charge in [-0.2, -0.15) is 4.98 Å². The molecule has 1 amide bonds. The van der Waals surface area contributed by atoms with Gasteiger partial charge in [0.15, 0.2) is 5.17 Å². The van der Waals surface area contributed by atoms with Crippen molar-refractivity contribution in [3.63, 3.8) is 0 Å². The zero-order valence-electron chi connectivity index (χ0n) is 18.3. The number of benzene rings is 2. The third-order valence-electron chi connectivity index (χ3n) is 5.47. The van der Waals surface area contributed by atoms with Gasteiger partial charge in [-0.15, -0.1) is 0 Å². The Morgan fingerprint density at radius 1 is 1.21 bits per heavy atom. The Morgan fingerprint density at radius 2 is 2.03 bits per heavy atom. The first kappa shape index (κ1) is 22.7. The summed E-state index contributed by atoms with van der Waals surface area (Å²) in [7, 11) is 3.15. The molecular formula is C22H21ClN6O4S. The largest absolute Gasteiger partial charge is 0.497 e. The zero-order chi connectivity index (χ0) is 23.7. The molecule has 176 valence electrons. The normalized spacial score (nSPS) is 19.7. The molecule has 2 N–H and O–H groups in total. The number of amidine groups is 1. The van der Waals surface area contributed by atoms with E-state index < -0.39 is 0 Å². The monoisotopic (exact) mass is 500 g/mol. The van der Waals surface area contributed by atoms with E-state index in [2.05, 4.69) is 21.0 Å². The fourth-order valence-corrected chi connectivity index (χ4v) is 4.83. The van der Waals surface area contributed by atoms with E-state index in [1.54, 1.807) is 37.3 Å². The number of nitrogens with one attached hydrogen (secondary N) is 2. The van der Waals surface area contributed by atoms with Gasteiger partial charge in [0, 0.05) is 12.1 Å². The van der Waals surface area contributed by atoms with Crippen LogP contribution >= 0.6 is 23.4 Å². The SMILES string of the molecule is COc1ccc(-c2noc(CSC3=NC4NNCC4C(=O)N3c3ccc(OC)c(Cl)c3)n2)cc1. The predicted octanol–water partition coefficient (Wildman–Crippen LogP) is 3.09. The van der Waals surface area contributed by atoms with Crippen molar-refractivity contribution in [2.45, 2.75) is 11.9 Å².